The van der Waals surface area contributed by atoms with Crippen LogP contribution < -0.4 is 9.64 Å². The maximum Gasteiger partial charge on any atom is 0.307 e. The fourth-order valence-electron chi connectivity index (χ4n) is 2.68. The highest BCUT2D eigenvalue weighted by molar-refractivity contribution is 6.01. The lowest BCUT2D eigenvalue weighted by Gasteiger charge is -2.34. The second kappa shape index (κ2) is 6.31. The zero-order valence-corrected chi connectivity index (χ0v) is 13.0. The molecule has 1 atom stereocenters. The van der Waals surface area contributed by atoms with Gasteiger partial charge >= 0.3 is 5.97 Å². The molecule has 1 aliphatic rings. The number of carboxylic acids is 1. The molecule has 1 aliphatic heterocycles. The van der Waals surface area contributed by atoms with Crippen molar-refractivity contribution < 1.29 is 23.8 Å². The van der Waals surface area contributed by atoms with Crippen LogP contribution in [0, 0.1) is 12.7 Å². The number of aryl methyl sites for hydroxylation is 1. The third-order valence-corrected chi connectivity index (χ3v) is 3.86. The van der Waals surface area contributed by atoms with E-state index in [2.05, 4.69) is 0 Å². The van der Waals surface area contributed by atoms with Gasteiger partial charge in [-0.1, -0.05) is 24.3 Å². The highest BCUT2D eigenvalue weighted by Crippen LogP contribution is 2.36. The highest BCUT2D eigenvalue weighted by Gasteiger charge is 2.36. The molecule has 0 radical (unpaired) electrons. The number of amides is 1. The van der Waals surface area contributed by atoms with Crippen molar-refractivity contribution in [2.24, 2.45) is 0 Å². The van der Waals surface area contributed by atoms with Crippen molar-refractivity contribution in [3.8, 4) is 5.75 Å². The average Bonchev–Trinajstić information content (AvgIpc) is 2.52. The Morgan fingerprint density at radius 1 is 1.29 bits per heavy atom. The van der Waals surface area contributed by atoms with Crippen LogP contribution in [-0.4, -0.2) is 23.1 Å². The molecule has 24 heavy (non-hydrogen) atoms. The van der Waals surface area contributed by atoms with Crippen molar-refractivity contribution in [1.29, 1.82) is 0 Å². The SMILES string of the molecule is Cc1ccc2c(c1)OC(CC(=O)O)C(=O)N2Cc1ccccc1F. The maximum absolute atomic E-state index is 14.0. The number of carbonyl (C=O) groups is 2. The van der Waals surface area contributed by atoms with Crippen LogP contribution in [0.4, 0.5) is 10.1 Å². The minimum Gasteiger partial charge on any atom is -0.481 e. The van der Waals surface area contributed by atoms with Crippen LogP contribution in [0.3, 0.4) is 0 Å². The molecule has 124 valence electrons. The quantitative estimate of drug-likeness (QED) is 0.936. The number of benzene rings is 2. The molecule has 1 unspecified atom stereocenters. The van der Waals surface area contributed by atoms with E-state index in [1.807, 2.05) is 13.0 Å². The lowest BCUT2D eigenvalue weighted by atomic mass is 10.1. The summed E-state index contributed by atoms with van der Waals surface area (Å²) < 4.78 is 19.5. The molecule has 0 bridgehead atoms. The third-order valence-electron chi connectivity index (χ3n) is 3.86. The molecule has 1 heterocycles. The smallest absolute Gasteiger partial charge is 0.307 e. The van der Waals surface area contributed by atoms with Crippen molar-refractivity contribution >= 4 is 17.6 Å². The largest absolute Gasteiger partial charge is 0.481 e. The normalized spacial score (nSPS) is 16.5. The lowest BCUT2D eigenvalue weighted by Crippen LogP contribution is -2.46. The molecule has 2 aromatic rings. The average molecular weight is 329 g/mol. The van der Waals surface area contributed by atoms with Gasteiger partial charge in [-0.15, -0.1) is 0 Å². The fourth-order valence-corrected chi connectivity index (χ4v) is 2.68. The van der Waals surface area contributed by atoms with E-state index in [1.165, 1.54) is 11.0 Å². The number of nitrogens with zero attached hydrogens (tertiary/aromatic N) is 1. The van der Waals surface area contributed by atoms with Gasteiger partial charge < -0.3 is 14.7 Å². The Kier molecular flexibility index (Phi) is 4.20. The first kappa shape index (κ1) is 16.0. The monoisotopic (exact) mass is 329 g/mol. The molecule has 2 aromatic carbocycles. The molecule has 1 N–H and O–H groups in total. The van der Waals surface area contributed by atoms with Gasteiger partial charge in [0.05, 0.1) is 18.7 Å². The van der Waals surface area contributed by atoms with E-state index in [4.69, 9.17) is 9.84 Å². The summed E-state index contributed by atoms with van der Waals surface area (Å²) in [5.41, 5.74) is 1.78. The Morgan fingerprint density at radius 2 is 2.04 bits per heavy atom. The number of aliphatic carboxylic acids is 1. The molecule has 1 amide bonds. The molecule has 0 saturated carbocycles. The lowest BCUT2D eigenvalue weighted by molar-refractivity contribution is -0.142. The van der Waals surface area contributed by atoms with Gasteiger partial charge in [-0.2, -0.15) is 0 Å². The molecule has 0 aromatic heterocycles. The van der Waals surface area contributed by atoms with Gasteiger partial charge in [0.25, 0.3) is 5.91 Å². The Balaban J connectivity index is 2.00. The Hall–Kier alpha value is -2.89. The van der Waals surface area contributed by atoms with Crippen molar-refractivity contribution in [3.63, 3.8) is 0 Å². The van der Waals surface area contributed by atoms with Crippen molar-refractivity contribution in [2.75, 3.05) is 4.90 Å². The van der Waals surface area contributed by atoms with Gasteiger partial charge in [-0.3, -0.25) is 9.59 Å². The number of carbonyl (C=O) groups excluding carboxylic acids is 1. The standard InChI is InChI=1S/C18H16FNO4/c1-11-6-7-14-15(8-11)24-16(9-17(21)22)18(23)20(14)10-12-4-2-3-5-13(12)19/h2-8,16H,9-10H2,1H3,(H,21,22). The molecule has 6 heteroatoms. The minimum atomic E-state index is -1.13. The third kappa shape index (κ3) is 3.08. The second-order valence-electron chi connectivity index (χ2n) is 5.69. The van der Waals surface area contributed by atoms with Crippen LogP contribution in [0.25, 0.3) is 0 Å². The van der Waals surface area contributed by atoms with Gasteiger partial charge in [0, 0.05) is 5.56 Å². The zero-order chi connectivity index (χ0) is 17.3. The van der Waals surface area contributed by atoms with Crippen LogP contribution in [-0.2, 0) is 16.1 Å². The summed E-state index contributed by atoms with van der Waals surface area (Å²) >= 11 is 0. The topological polar surface area (TPSA) is 66.8 Å². The summed E-state index contributed by atoms with van der Waals surface area (Å²) in [4.78, 5) is 25.0. The number of fused-ring (bicyclic) bond motifs is 1. The van der Waals surface area contributed by atoms with Crippen LogP contribution in [0.1, 0.15) is 17.5 Å². The number of ether oxygens (including phenoxy) is 1. The number of anilines is 1. The molecular weight excluding hydrogens is 313 g/mol. The van der Waals surface area contributed by atoms with E-state index in [9.17, 15) is 14.0 Å². The molecule has 5 nitrogen and oxygen atoms in total. The number of rotatable bonds is 4. The van der Waals surface area contributed by atoms with Crippen LogP contribution >= 0.6 is 0 Å². The summed E-state index contributed by atoms with van der Waals surface area (Å²) in [5, 5.41) is 9.00. The Morgan fingerprint density at radius 3 is 2.75 bits per heavy atom. The first-order valence-electron chi connectivity index (χ1n) is 7.49. The van der Waals surface area contributed by atoms with Crippen molar-refractivity contribution in [2.45, 2.75) is 26.0 Å². The van der Waals surface area contributed by atoms with Gasteiger partial charge in [0.15, 0.2) is 6.10 Å². The zero-order valence-electron chi connectivity index (χ0n) is 13.0. The van der Waals surface area contributed by atoms with Gasteiger partial charge in [0.2, 0.25) is 0 Å². The number of hydrogen-bond donors (Lipinski definition) is 1. The molecule has 3 rings (SSSR count). The van der Waals surface area contributed by atoms with E-state index in [-0.39, 0.29) is 6.54 Å². The number of hydrogen-bond acceptors (Lipinski definition) is 3. The molecule has 0 spiro atoms. The summed E-state index contributed by atoms with van der Waals surface area (Å²) in [6, 6.07) is 11.5. The highest BCUT2D eigenvalue weighted by atomic mass is 19.1. The molecule has 0 aliphatic carbocycles. The summed E-state index contributed by atoms with van der Waals surface area (Å²) in [7, 11) is 0. The van der Waals surface area contributed by atoms with E-state index in [1.54, 1.807) is 30.3 Å². The molecule has 0 saturated heterocycles. The maximum atomic E-state index is 14.0. The van der Waals surface area contributed by atoms with Gasteiger partial charge in [0.1, 0.15) is 11.6 Å². The molecule has 0 fully saturated rings. The Bertz CT molecular complexity index is 805. The van der Waals surface area contributed by atoms with Crippen molar-refractivity contribution in [1.82, 2.24) is 0 Å². The van der Waals surface area contributed by atoms with Crippen LogP contribution in [0.2, 0.25) is 0 Å². The Labute approximate surface area is 138 Å². The first-order valence-corrected chi connectivity index (χ1v) is 7.49. The van der Waals surface area contributed by atoms with Gasteiger partial charge in [-0.05, 0) is 30.7 Å². The molecular formula is C18H16FNO4. The van der Waals surface area contributed by atoms with Crippen LogP contribution in [0.5, 0.6) is 5.75 Å². The van der Waals surface area contributed by atoms with E-state index < -0.39 is 30.2 Å². The van der Waals surface area contributed by atoms with E-state index in [0.717, 1.165) is 5.56 Å². The first-order chi connectivity index (χ1) is 11.5. The van der Waals surface area contributed by atoms with E-state index >= 15 is 0 Å². The van der Waals surface area contributed by atoms with Crippen LogP contribution in [0.15, 0.2) is 42.5 Å². The second-order valence-corrected chi connectivity index (χ2v) is 5.69. The summed E-state index contributed by atoms with van der Waals surface area (Å²) in [6.07, 6.45) is -1.57. The minimum absolute atomic E-state index is 0.0149. The van der Waals surface area contributed by atoms with Crippen molar-refractivity contribution in [3.05, 3.63) is 59.4 Å². The predicted molar refractivity (Wildman–Crippen MR) is 85.4 cm³/mol. The predicted octanol–water partition coefficient (Wildman–Crippen LogP) is 2.90. The summed E-state index contributed by atoms with van der Waals surface area (Å²) in [5.74, 6) is -1.61. The number of carboxylic acid groups (broad SMARTS) is 1. The van der Waals surface area contributed by atoms with Gasteiger partial charge in [-0.25, -0.2) is 4.39 Å². The summed E-state index contributed by atoms with van der Waals surface area (Å²) in [6.45, 7) is 1.88. The fraction of sp³-hybridized carbons (Fsp3) is 0.222. The van der Waals surface area contributed by atoms with E-state index in [0.29, 0.717) is 17.0 Å². The number of halogens is 1.